The van der Waals surface area contributed by atoms with E-state index in [2.05, 4.69) is 11.8 Å². The van der Waals surface area contributed by atoms with Gasteiger partial charge in [-0.15, -0.1) is 11.8 Å². The van der Waals surface area contributed by atoms with Crippen LogP contribution in [0.2, 0.25) is 0 Å². The highest BCUT2D eigenvalue weighted by molar-refractivity contribution is 4.97. The first-order valence-electron chi connectivity index (χ1n) is 3.33. The Morgan fingerprint density at radius 2 is 2.25 bits per heavy atom. The van der Waals surface area contributed by atoms with Crippen molar-refractivity contribution in [1.29, 1.82) is 0 Å². The van der Waals surface area contributed by atoms with Crippen LogP contribution in [0.25, 0.3) is 0 Å². The fourth-order valence-corrected chi connectivity index (χ4v) is 0.943. The van der Waals surface area contributed by atoms with Gasteiger partial charge in [0.25, 0.3) is 0 Å². The Morgan fingerprint density at radius 3 is 2.62 bits per heavy atom. The molecule has 0 amide bonds. The van der Waals surface area contributed by atoms with E-state index in [1.54, 1.807) is 0 Å². The minimum Gasteiger partial charge on any atom is -0.107 e. The second kappa shape index (κ2) is 2.77. The zero-order valence-electron chi connectivity index (χ0n) is 5.41. The monoisotopic (exact) mass is 108 g/mol. The molecule has 1 aliphatic carbocycles. The van der Waals surface area contributed by atoms with E-state index in [-0.39, 0.29) is 0 Å². The van der Waals surface area contributed by atoms with Crippen LogP contribution in [0.4, 0.5) is 0 Å². The van der Waals surface area contributed by atoms with Gasteiger partial charge >= 0.3 is 0 Å². The minimum absolute atomic E-state index is 0.961. The maximum atomic E-state index is 3.10. The van der Waals surface area contributed by atoms with Gasteiger partial charge in [0.05, 0.1) is 0 Å². The van der Waals surface area contributed by atoms with Crippen molar-refractivity contribution in [2.45, 2.75) is 32.6 Å². The lowest BCUT2D eigenvalue weighted by atomic mass is 9.83. The molecule has 1 rings (SSSR count). The second-order valence-corrected chi connectivity index (χ2v) is 2.43. The molecule has 0 aromatic heterocycles. The van der Waals surface area contributed by atoms with E-state index in [0.717, 1.165) is 12.3 Å². The van der Waals surface area contributed by atoms with Crippen molar-refractivity contribution in [3.05, 3.63) is 0 Å². The van der Waals surface area contributed by atoms with Crippen LogP contribution in [0.1, 0.15) is 32.6 Å². The van der Waals surface area contributed by atoms with Gasteiger partial charge in [-0.1, -0.05) is 6.42 Å². The summed E-state index contributed by atoms with van der Waals surface area (Å²) in [6, 6.07) is 0. The van der Waals surface area contributed by atoms with E-state index >= 15 is 0 Å². The van der Waals surface area contributed by atoms with E-state index < -0.39 is 0 Å². The van der Waals surface area contributed by atoms with Crippen molar-refractivity contribution >= 4 is 0 Å². The van der Waals surface area contributed by atoms with Crippen molar-refractivity contribution in [3.8, 4) is 11.8 Å². The molecular weight excluding hydrogens is 96.1 g/mol. The molecule has 8 heavy (non-hydrogen) atoms. The highest BCUT2D eigenvalue weighted by Crippen LogP contribution is 2.28. The van der Waals surface area contributed by atoms with Gasteiger partial charge in [0.15, 0.2) is 0 Å². The van der Waals surface area contributed by atoms with E-state index in [1.165, 1.54) is 19.3 Å². The predicted octanol–water partition coefficient (Wildman–Crippen LogP) is 2.20. The zero-order chi connectivity index (χ0) is 5.82. The first-order chi connectivity index (χ1) is 3.93. The van der Waals surface area contributed by atoms with Crippen LogP contribution in [-0.2, 0) is 0 Å². The average Bonchev–Trinajstić information content (AvgIpc) is 1.63. The molecule has 0 heteroatoms. The Kier molecular flexibility index (Phi) is 1.97. The van der Waals surface area contributed by atoms with Crippen molar-refractivity contribution in [2.75, 3.05) is 0 Å². The Morgan fingerprint density at radius 1 is 1.50 bits per heavy atom. The Balaban J connectivity index is 2.07. The van der Waals surface area contributed by atoms with Crippen molar-refractivity contribution in [3.63, 3.8) is 0 Å². The van der Waals surface area contributed by atoms with Crippen molar-refractivity contribution in [1.82, 2.24) is 0 Å². The van der Waals surface area contributed by atoms with Crippen LogP contribution in [0.5, 0.6) is 0 Å². The lowest BCUT2D eigenvalue weighted by Crippen LogP contribution is -2.09. The fraction of sp³-hybridized carbons (Fsp3) is 0.750. The molecule has 0 aromatic rings. The van der Waals surface area contributed by atoms with E-state index in [4.69, 9.17) is 0 Å². The third-order valence-electron chi connectivity index (χ3n) is 1.79. The topological polar surface area (TPSA) is 0 Å². The fourth-order valence-electron chi connectivity index (χ4n) is 0.943. The lowest BCUT2D eigenvalue weighted by molar-refractivity contribution is 0.323. The summed E-state index contributed by atoms with van der Waals surface area (Å²) >= 11 is 0. The van der Waals surface area contributed by atoms with Crippen LogP contribution in [0, 0.1) is 17.8 Å². The zero-order valence-corrected chi connectivity index (χ0v) is 5.41. The van der Waals surface area contributed by atoms with Gasteiger partial charge in [-0.25, -0.2) is 0 Å². The summed E-state index contributed by atoms with van der Waals surface area (Å²) in [5, 5.41) is 0. The Labute approximate surface area is 51.3 Å². The van der Waals surface area contributed by atoms with E-state index in [0.29, 0.717) is 0 Å². The summed E-state index contributed by atoms with van der Waals surface area (Å²) in [4.78, 5) is 0. The largest absolute Gasteiger partial charge is 0.107 e. The molecule has 0 radical (unpaired) electrons. The van der Waals surface area contributed by atoms with Crippen LogP contribution >= 0.6 is 0 Å². The molecule has 0 saturated heterocycles. The Bertz CT molecular complexity index is 110. The molecule has 0 unspecified atom stereocenters. The lowest BCUT2D eigenvalue weighted by Gasteiger charge is -2.22. The van der Waals surface area contributed by atoms with Gasteiger partial charge in [-0.2, -0.15) is 0 Å². The molecule has 0 N–H and O–H groups in total. The van der Waals surface area contributed by atoms with Crippen molar-refractivity contribution in [2.24, 2.45) is 5.92 Å². The first kappa shape index (κ1) is 5.69. The second-order valence-electron chi connectivity index (χ2n) is 2.43. The van der Waals surface area contributed by atoms with E-state index in [1.807, 2.05) is 6.92 Å². The third kappa shape index (κ3) is 1.26. The maximum Gasteiger partial charge on any atom is 0.0117 e. The first-order valence-corrected chi connectivity index (χ1v) is 3.33. The van der Waals surface area contributed by atoms with Crippen LogP contribution in [-0.4, -0.2) is 0 Å². The predicted molar refractivity (Wildman–Crippen MR) is 35.4 cm³/mol. The summed E-state index contributed by atoms with van der Waals surface area (Å²) in [5.74, 6) is 6.98. The molecule has 0 spiro atoms. The molecule has 0 atom stereocenters. The molecule has 0 aliphatic heterocycles. The highest BCUT2D eigenvalue weighted by Gasteiger charge is 2.14. The minimum atomic E-state index is 0.961. The number of rotatable bonds is 1. The Hall–Kier alpha value is -0.440. The molecule has 44 valence electrons. The summed E-state index contributed by atoms with van der Waals surface area (Å²) in [7, 11) is 0. The van der Waals surface area contributed by atoms with Crippen LogP contribution in [0.15, 0.2) is 0 Å². The summed E-state index contributed by atoms with van der Waals surface area (Å²) < 4.78 is 0. The van der Waals surface area contributed by atoms with Crippen molar-refractivity contribution < 1.29 is 0 Å². The molecule has 0 bridgehead atoms. The molecular formula is C8H12. The molecule has 0 aromatic carbocycles. The standard InChI is InChI=1S/C8H12/c1-2-3-5-8-6-4-7-8/h8H,4-7H2,1H3. The summed E-state index contributed by atoms with van der Waals surface area (Å²) in [5.41, 5.74) is 0. The molecule has 1 aliphatic rings. The number of hydrogen-bond donors (Lipinski definition) is 0. The third-order valence-corrected chi connectivity index (χ3v) is 1.79. The van der Waals surface area contributed by atoms with Crippen LogP contribution < -0.4 is 0 Å². The molecule has 0 heterocycles. The van der Waals surface area contributed by atoms with Crippen LogP contribution in [0.3, 0.4) is 0 Å². The number of hydrogen-bond acceptors (Lipinski definition) is 0. The summed E-state index contributed by atoms with van der Waals surface area (Å²) in [6.07, 6.45) is 5.44. The molecule has 1 saturated carbocycles. The SMILES string of the molecule is CC#CCC1CCC1. The normalized spacial score (nSPS) is 18.6. The van der Waals surface area contributed by atoms with Gasteiger partial charge in [0, 0.05) is 6.42 Å². The van der Waals surface area contributed by atoms with Gasteiger partial charge in [-0.05, 0) is 25.7 Å². The highest BCUT2D eigenvalue weighted by atomic mass is 14.2. The van der Waals surface area contributed by atoms with Gasteiger partial charge in [0.2, 0.25) is 0 Å². The molecule has 0 nitrogen and oxygen atoms in total. The van der Waals surface area contributed by atoms with Gasteiger partial charge in [0.1, 0.15) is 0 Å². The average molecular weight is 108 g/mol. The summed E-state index contributed by atoms with van der Waals surface area (Å²) in [6.45, 7) is 1.92. The molecule has 1 fully saturated rings. The van der Waals surface area contributed by atoms with Gasteiger partial charge < -0.3 is 0 Å². The van der Waals surface area contributed by atoms with E-state index in [9.17, 15) is 0 Å². The van der Waals surface area contributed by atoms with Gasteiger partial charge in [-0.3, -0.25) is 0 Å². The maximum absolute atomic E-state index is 3.10. The smallest absolute Gasteiger partial charge is 0.0117 e. The quantitative estimate of drug-likeness (QED) is 0.452.